The lowest BCUT2D eigenvalue weighted by Gasteiger charge is -2.43. The van der Waals surface area contributed by atoms with Crippen LogP contribution in [0, 0.1) is 5.82 Å². The number of amides is 1. The average molecular weight is 289 g/mol. The first kappa shape index (κ1) is 14.2. The molecule has 1 amide bonds. The number of piperazine rings is 1. The summed E-state index contributed by atoms with van der Waals surface area (Å²) in [6.45, 7) is 5.59. The van der Waals surface area contributed by atoms with Gasteiger partial charge in [-0.1, -0.05) is 12.1 Å². The van der Waals surface area contributed by atoms with Crippen molar-refractivity contribution in [3.63, 3.8) is 0 Å². The minimum Gasteiger partial charge on any atom is -0.337 e. The molecule has 21 heavy (non-hydrogen) atoms. The standard InChI is InChI=1S/C16H20FN3O/c17-14-4-1-13(2-5-14)3-6-16(21)20-9-7-19(8-10-20)15-11-18-12-15/h1-6,15,18H,7-12H2. The van der Waals surface area contributed by atoms with Crippen LogP contribution in [0.4, 0.5) is 4.39 Å². The third-order valence-electron chi connectivity index (χ3n) is 4.19. The van der Waals surface area contributed by atoms with Gasteiger partial charge in [0.1, 0.15) is 5.82 Å². The molecule has 112 valence electrons. The summed E-state index contributed by atoms with van der Waals surface area (Å²) in [5, 5.41) is 3.27. The molecule has 3 rings (SSSR count). The van der Waals surface area contributed by atoms with Gasteiger partial charge in [-0.05, 0) is 23.8 Å². The van der Waals surface area contributed by atoms with E-state index in [4.69, 9.17) is 0 Å². The largest absolute Gasteiger partial charge is 0.337 e. The second kappa shape index (κ2) is 6.37. The number of benzene rings is 1. The molecule has 4 nitrogen and oxygen atoms in total. The number of nitrogens with zero attached hydrogens (tertiary/aromatic N) is 2. The second-order valence-electron chi connectivity index (χ2n) is 5.56. The lowest BCUT2D eigenvalue weighted by Crippen LogP contribution is -2.61. The van der Waals surface area contributed by atoms with Gasteiger partial charge in [-0.25, -0.2) is 4.39 Å². The first-order valence-corrected chi connectivity index (χ1v) is 7.40. The SMILES string of the molecule is O=C(C=Cc1ccc(F)cc1)N1CCN(C2CNC2)CC1. The van der Waals surface area contributed by atoms with E-state index in [-0.39, 0.29) is 11.7 Å². The molecule has 2 aliphatic rings. The van der Waals surface area contributed by atoms with E-state index in [1.54, 1.807) is 24.3 Å². The van der Waals surface area contributed by atoms with Crippen LogP contribution in [-0.2, 0) is 4.79 Å². The van der Waals surface area contributed by atoms with Gasteiger partial charge in [0.05, 0.1) is 0 Å². The molecule has 1 aromatic rings. The molecule has 2 aliphatic heterocycles. The maximum absolute atomic E-state index is 12.8. The molecule has 2 saturated heterocycles. The summed E-state index contributed by atoms with van der Waals surface area (Å²) >= 11 is 0. The molecular weight excluding hydrogens is 269 g/mol. The van der Waals surface area contributed by atoms with Crippen LogP contribution in [0.3, 0.4) is 0 Å². The van der Waals surface area contributed by atoms with Crippen LogP contribution < -0.4 is 5.32 Å². The van der Waals surface area contributed by atoms with E-state index >= 15 is 0 Å². The summed E-state index contributed by atoms with van der Waals surface area (Å²) in [6.07, 6.45) is 3.32. The molecule has 0 spiro atoms. The lowest BCUT2D eigenvalue weighted by atomic mass is 10.1. The van der Waals surface area contributed by atoms with E-state index in [1.165, 1.54) is 12.1 Å². The van der Waals surface area contributed by atoms with Crippen LogP contribution in [0.15, 0.2) is 30.3 Å². The summed E-state index contributed by atoms with van der Waals surface area (Å²) in [6, 6.07) is 6.78. The highest BCUT2D eigenvalue weighted by atomic mass is 19.1. The molecule has 2 heterocycles. The van der Waals surface area contributed by atoms with Crippen LogP contribution >= 0.6 is 0 Å². The van der Waals surface area contributed by atoms with Gasteiger partial charge in [0, 0.05) is 51.4 Å². The highest BCUT2D eigenvalue weighted by molar-refractivity contribution is 5.91. The lowest BCUT2D eigenvalue weighted by molar-refractivity contribution is -0.128. The quantitative estimate of drug-likeness (QED) is 0.842. The summed E-state index contributed by atoms with van der Waals surface area (Å²) in [5.74, 6) is -0.231. The number of carbonyl (C=O) groups excluding carboxylic acids is 1. The van der Waals surface area contributed by atoms with Gasteiger partial charge in [0.15, 0.2) is 0 Å². The van der Waals surface area contributed by atoms with Crippen LogP contribution in [-0.4, -0.2) is 61.0 Å². The Balaban J connectivity index is 1.50. The van der Waals surface area contributed by atoms with E-state index in [0.29, 0.717) is 6.04 Å². The predicted octanol–water partition coefficient (Wildman–Crippen LogP) is 0.955. The summed E-state index contributed by atoms with van der Waals surface area (Å²) < 4.78 is 12.8. The third-order valence-corrected chi connectivity index (χ3v) is 4.19. The average Bonchev–Trinajstić information content (AvgIpc) is 2.45. The first-order valence-electron chi connectivity index (χ1n) is 7.40. The van der Waals surface area contributed by atoms with E-state index in [0.717, 1.165) is 44.8 Å². The Morgan fingerprint density at radius 3 is 2.38 bits per heavy atom. The van der Waals surface area contributed by atoms with Crippen molar-refractivity contribution in [1.29, 1.82) is 0 Å². The van der Waals surface area contributed by atoms with Crippen molar-refractivity contribution in [2.75, 3.05) is 39.3 Å². The van der Waals surface area contributed by atoms with Crippen LogP contribution in [0.2, 0.25) is 0 Å². The van der Waals surface area contributed by atoms with Crippen LogP contribution in [0.1, 0.15) is 5.56 Å². The molecule has 5 heteroatoms. The fraction of sp³-hybridized carbons (Fsp3) is 0.438. The van der Waals surface area contributed by atoms with E-state index < -0.39 is 0 Å². The molecule has 2 fully saturated rings. The summed E-state index contributed by atoms with van der Waals surface area (Å²) in [4.78, 5) is 16.5. The van der Waals surface area contributed by atoms with Gasteiger partial charge in [-0.15, -0.1) is 0 Å². The number of halogens is 1. The smallest absolute Gasteiger partial charge is 0.246 e. The molecule has 1 N–H and O–H groups in total. The Kier molecular flexibility index (Phi) is 4.31. The topological polar surface area (TPSA) is 35.6 Å². The Labute approximate surface area is 124 Å². The minimum absolute atomic E-state index is 0.0331. The van der Waals surface area contributed by atoms with Crippen LogP contribution in [0.5, 0.6) is 0 Å². The molecule has 0 aliphatic carbocycles. The van der Waals surface area contributed by atoms with Crippen molar-refractivity contribution in [2.45, 2.75) is 6.04 Å². The fourth-order valence-corrected chi connectivity index (χ4v) is 2.69. The molecule has 0 radical (unpaired) electrons. The molecule has 0 atom stereocenters. The predicted molar refractivity (Wildman–Crippen MR) is 80.2 cm³/mol. The number of hydrogen-bond acceptors (Lipinski definition) is 3. The summed E-state index contributed by atoms with van der Waals surface area (Å²) in [7, 11) is 0. The molecule has 0 bridgehead atoms. The van der Waals surface area contributed by atoms with Crippen molar-refractivity contribution in [3.8, 4) is 0 Å². The normalized spacial score (nSPS) is 20.7. The molecule has 0 saturated carbocycles. The number of carbonyl (C=O) groups is 1. The van der Waals surface area contributed by atoms with Crippen molar-refractivity contribution < 1.29 is 9.18 Å². The number of nitrogens with one attached hydrogen (secondary N) is 1. The van der Waals surface area contributed by atoms with Gasteiger partial charge in [0.2, 0.25) is 5.91 Å². The van der Waals surface area contributed by atoms with Crippen molar-refractivity contribution >= 4 is 12.0 Å². The molecule has 1 aromatic carbocycles. The Morgan fingerprint density at radius 2 is 1.81 bits per heavy atom. The first-order chi connectivity index (χ1) is 10.2. The van der Waals surface area contributed by atoms with Gasteiger partial charge in [0.25, 0.3) is 0 Å². The monoisotopic (exact) mass is 289 g/mol. The van der Waals surface area contributed by atoms with Gasteiger partial charge >= 0.3 is 0 Å². The zero-order chi connectivity index (χ0) is 14.7. The number of rotatable bonds is 3. The molecule has 0 aromatic heterocycles. The van der Waals surface area contributed by atoms with Gasteiger partial charge in [-0.2, -0.15) is 0 Å². The Hall–Kier alpha value is -1.72. The van der Waals surface area contributed by atoms with E-state index in [2.05, 4.69) is 10.2 Å². The van der Waals surface area contributed by atoms with Gasteiger partial charge < -0.3 is 10.2 Å². The van der Waals surface area contributed by atoms with Gasteiger partial charge in [-0.3, -0.25) is 9.69 Å². The Bertz CT molecular complexity index is 517. The van der Waals surface area contributed by atoms with E-state index in [9.17, 15) is 9.18 Å². The minimum atomic E-state index is -0.264. The maximum Gasteiger partial charge on any atom is 0.246 e. The van der Waals surface area contributed by atoms with Crippen molar-refractivity contribution in [2.24, 2.45) is 0 Å². The Morgan fingerprint density at radius 1 is 1.14 bits per heavy atom. The molecular formula is C16H20FN3O. The zero-order valence-electron chi connectivity index (χ0n) is 12.0. The highest BCUT2D eigenvalue weighted by Gasteiger charge is 2.28. The fourth-order valence-electron chi connectivity index (χ4n) is 2.69. The van der Waals surface area contributed by atoms with Crippen molar-refractivity contribution in [3.05, 3.63) is 41.7 Å². The maximum atomic E-state index is 12.8. The van der Waals surface area contributed by atoms with Crippen molar-refractivity contribution in [1.82, 2.24) is 15.1 Å². The number of hydrogen-bond donors (Lipinski definition) is 1. The zero-order valence-corrected chi connectivity index (χ0v) is 12.0. The van der Waals surface area contributed by atoms with E-state index in [1.807, 2.05) is 4.90 Å². The van der Waals surface area contributed by atoms with Crippen LogP contribution in [0.25, 0.3) is 6.08 Å². The third kappa shape index (κ3) is 3.49. The molecule has 0 unspecified atom stereocenters. The second-order valence-corrected chi connectivity index (χ2v) is 5.56. The highest BCUT2D eigenvalue weighted by Crippen LogP contribution is 2.11. The summed E-state index contributed by atoms with van der Waals surface area (Å²) in [5.41, 5.74) is 0.837.